The first-order valence-electron chi connectivity index (χ1n) is 5.17. The smallest absolute Gasteiger partial charge is 0.181 e. The van der Waals surface area contributed by atoms with E-state index >= 15 is 0 Å². The number of nitrogens with two attached hydrogens (primary N) is 1. The van der Waals surface area contributed by atoms with Crippen molar-refractivity contribution in [2.45, 2.75) is 23.8 Å². The summed E-state index contributed by atoms with van der Waals surface area (Å²) in [6.07, 6.45) is 0. The number of anilines is 1. The van der Waals surface area contributed by atoms with E-state index in [1.165, 1.54) is 17.4 Å². The molecule has 0 bridgehead atoms. The number of hydrogen-bond acceptors (Lipinski definition) is 4. The van der Waals surface area contributed by atoms with E-state index in [1.807, 2.05) is 19.9 Å². The average molecular weight is 268 g/mol. The van der Waals surface area contributed by atoms with Crippen LogP contribution in [0.4, 0.5) is 9.52 Å². The van der Waals surface area contributed by atoms with Gasteiger partial charge in [0.15, 0.2) is 5.13 Å². The van der Waals surface area contributed by atoms with Gasteiger partial charge in [-0.15, -0.1) is 11.8 Å². The van der Waals surface area contributed by atoms with Gasteiger partial charge in [-0.25, -0.2) is 9.37 Å². The zero-order chi connectivity index (χ0) is 12.4. The van der Waals surface area contributed by atoms with Gasteiger partial charge < -0.3 is 5.73 Å². The lowest BCUT2D eigenvalue weighted by molar-refractivity contribution is 0.626. The lowest BCUT2D eigenvalue weighted by atomic mass is 10.1. The van der Waals surface area contributed by atoms with Gasteiger partial charge in [-0.3, -0.25) is 0 Å². The van der Waals surface area contributed by atoms with Crippen LogP contribution in [0.5, 0.6) is 0 Å². The molecule has 2 aromatic rings. The highest BCUT2D eigenvalue weighted by Gasteiger charge is 2.07. The maximum atomic E-state index is 12.9. The summed E-state index contributed by atoms with van der Waals surface area (Å²) in [6, 6.07) is 4.89. The van der Waals surface area contributed by atoms with Gasteiger partial charge in [0.25, 0.3) is 0 Å². The molecular formula is C12H13FN2S2. The first-order chi connectivity index (χ1) is 8.06. The number of nitrogens with zero attached hydrogens (tertiary/aromatic N) is 1. The summed E-state index contributed by atoms with van der Waals surface area (Å²) in [7, 11) is 0. The normalized spacial score (nSPS) is 10.8. The molecule has 0 atom stereocenters. The van der Waals surface area contributed by atoms with Gasteiger partial charge in [0.2, 0.25) is 0 Å². The molecule has 5 heteroatoms. The van der Waals surface area contributed by atoms with Crippen LogP contribution < -0.4 is 5.73 Å². The Kier molecular flexibility index (Phi) is 3.69. The van der Waals surface area contributed by atoms with Crippen molar-refractivity contribution in [2.75, 3.05) is 5.73 Å². The molecule has 17 heavy (non-hydrogen) atoms. The molecule has 0 amide bonds. The van der Waals surface area contributed by atoms with Crippen molar-refractivity contribution in [3.05, 3.63) is 40.8 Å². The number of benzene rings is 1. The van der Waals surface area contributed by atoms with Gasteiger partial charge in [-0.1, -0.05) is 17.4 Å². The van der Waals surface area contributed by atoms with Gasteiger partial charge >= 0.3 is 0 Å². The van der Waals surface area contributed by atoms with E-state index in [9.17, 15) is 4.39 Å². The SMILES string of the molecule is Cc1cc(F)ccc1CSc1sc(N)nc1C. The van der Waals surface area contributed by atoms with Crippen molar-refractivity contribution in [1.29, 1.82) is 0 Å². The van der Waals surface area contributed by atoms with Crippen molar-refractivity contribution in [1.82, 2.24) is 4.98 Å². The Labute approximate surface area is 108 Å². The van der Waals surface area contributed by atoms with Gasteiger partial charge in [0, 0.05) is 5.75 Å². The fraction of sp³-hybridized carbons (Fsp3) is 0.250. The number of thioether (sulfide) groups is 1. The van der Waals surface area contributed by atoms with Crippen molar-refractivity contribution >= 4 is 28.2 Å². The van der Waals surface area contributed by atoms with E-state index in [0.717, 1.165) is 26.8 Å². The number of aromatic nitrogens is 1. The highest BCUT2D eigenvalue weighted by atomic mass is 32.2. The maximum Gasteiger partial charge on any atom is 0.181 e. The third kappa shape index (κ3) is 2.98. The Morgan fingerprint density at radius 1 is 1.41 bits per heavy atom. The van der Waals surface area contributed by atoms with Crippen molar-refractivity contribution < 1.29 is 4.39 Å². The molecule has 0 aliphatic rings. The lowest BCUT2D eigenvalue weighted by Gasteiger charge is -2.04. The molecule has 0 aliphatic carbocycles. The topological polar surface area (TPSA) is 38.9 Å². The molecule has 2 N–H and O–H groups in total. The summed E-state index contributed by atoms with van der Waals surface area (Å²) in [5.41, 5.74) is 8.73. The van der Waals surface area contributed by atoms with E-state index in [0.29, 0.717) is 5.13 Å². The van der Waals surface area contributed by atoms with Crippen LogP contribution in [0.2, 0.25) is 0 Å². The Morgan fingerprint density at radius 3 is 2.76 bits per heavy atom. The summed E-state index contributed by atoms with van der Waals surface area (Å²) >= 11 is 3.19. The third-order valence-electron chi connectivity index (χ3n) is 2.43. The summed E-state index contributed by atoms with van der Waals surface area (Å²) in [4.78, 5) is 4.18. The number of hydrogen-bond donors (Lipinski definition) is 1. The molecule has 0 spiro atoms. The summed E-state index contributed by atoms with van der Waals surface area (Å²) in [5.74, 6) is 0.628. The monoisotopic (exact) mass is 268 g/mol. The van der Waals surface area contributed by atoms with Gasteiger partial charge in [-0.2, -0.15) is 0 Å². The molecular weight excluding hydrogens is 255 g/mol. The number of rotatable bonds is 3. The van der Waals surface area contributed by atoms with Gasteiger partial charge in [-0.05, 0) is 37.1 Å². The fourth-order valence-electron chi connectivity index (χ4n) is 1.50. The summed E-state index contributed by atoms with van der Waals surface area (Å²) < 4.78 is 14.1. The molecule has 0 unspecified atom stereocenters. The largest absolute Gasteiger partial charge is 0.375 e. The van der Waals surface area contributed by atoms with E-state index in [4.69, 9.17) is 5.73 Å². The number of nitrogen functional groups attached to an aromatic ring is 1. The second kappa shape index (κ2) is 5.06. The lowest BCUT2D eigenvalue weighted by Crippen LogP contribution is -1.87. The molecule has 0 radical (unpaired) electrons. The summed E-state index contributed by atoms with van der Waals surface area (Å²) in [6.45, 7) is 3.87. The quantitative estimate of drug-likeness (QED) is 0.861. The van der Waals surface area contributed by atoms with Crippen LogP contribution in [0.15, 0.2) is 22.4 Å². The van der Waals surface area contributed by atoms with Gasteiger partial charge in [0.1, 0.15) is 5.82 Å². The van der Waals surface area contributed by atoms with E-state index in [2.05, 4.69) is 4.98 Å². The van der Waals surface area contributed by atoms with Crippen molar-refractivity contribution in [2.24, 2.45) is 0 Å². The second-order valence-corrected chi connectivity index (χ2v) is 6.06. The Hall–Kier alpha value is -1.07. The molecule has 0 aliphatic heterocycles. The zero-order valence-electron chi connectivity index (χ0n) is 9.66. The third-order valence-corrected chi connectivity index (χ3v) is 4.83. The first kappa shape index (κ1) is 12.4. The minimum absolute atomic E-state index is 0.186. The molecule has 90 valence electrons. The number of aryl methyl sites for hydroxylation is 2. The minimum atomic E-state index is -0.186. The van der Waals surface area contributed by atoms with Crippen LogP contribution in [-0.2, 0) is 5.75 Å². The molecule has 0 fully saturated rings. The van der Waals surface area contributed by atoms with E-state index in [1.54, 1.807) is 17.8 Å². The van der Waals surface area contributed by atoms with Crippen LogP contribution >= 0.6 is 23.1 Å². The molecule has 1 aromatic heterocycles. The van der Waals surface area contributed by atoms with Crippen LogP contribution in [0.3, 0.4) is 0 Å². The Balaban J connectivity index is 2.10. The molecule has 1 heterocycles. The predicted molar refractivity (Wildman–Crippen MR) is 72.0 cm³/mol. The standard InChI is InChI=1S/C12H13FN2S2/c1-7-5-10(13)4-3-9(7)6-16-11-8(2)15-12(14)17-11/h3-5H,6H2,1-2H3,(H2,14,15). The number of halogens is 1. The maximum absolute atomic E-state index is 12.9. The van der Waals surface area contributed by atoms with Crippen LogP contribution in [0, 0.1) is 19.7 Å². The summed E-state index contributed by atoms with van der Waals surface area (Å²) in [5, 5.41) is 0.598. The fourth-order valence-corrected chi connectivity index (χ4v) is 3.60. The molecule has 2 nitrogen and oxygen atoms in total. The van der Waals surface area contributed by atoms with Crippen LogP contribution in [-0.4, -0.2) is 4.98 Å². The Bertz CT molecular complexity index is 537. The Morgan fingerprint density at radius 2 is 2.18 bits per heavy atom. The molecule has 2 rings (SSSR count). The zero-order valence-corrected chi connectivity index (χ0v) is 11.3. The number of thiazole rings is 1. The van der Waals surface area contributed by atoms with Crippen LogP contribution in [0.25, 0.3) is 0 Å². The second-order valence-electron chi connectivity index (χ2n) is 3.78. The average Bonchev–Trinajstić information content (AvgIpc) is 2.56. The predicted octanol–water partition coefficient (Wildman–Crippen LogP) is 3.77. The van der Waals surface area contributed by atoms with Crippen molar-refractivity contribution in [3.8, 4) is 0 Å². The molecule has 1 aromatic carbocycles. The van der Waals surface area contributed by atoms with E-state index < -0.39 is 0 Å². The first-order valence-corrected chi connectivity index (χ1v) is 6.97. The molecule has 0 saturated heterocycles. The van der Waals surface area contributed by atoms with Crippen LogP contribution in [0.1, 0.15) is 16.8 Å². The highest BCUT2D eigenvalue weighted by molar-refractivity contribution is 8.00. The highest BCUT2D eigenvalue weighted by Crippen LogP contribution is 2.33. The van der Waals surface area contributed by atoms with Gasteiger partial charge in [0.05, 0.1) is 9.90 Å². The molecule has 0 saturated carbocycles. The van der Waals surface area contributed by atoms with Crippen molar-refractivity contribution in [3.63, 3.8) is 0 Å². The van der Waals surface area contributed by atoms with E-state index in [-0.39, 0.29) is 5.82 Å². The minimum Gasteiger partial charge on any atom is -0.375 e.